The number of carbonyl (C=O) groups is 4. The zero-order valence-electron chi connectivity index (χ0n) is 19.1. The van der Waals surface area contributed by atoms with Gasteiger partial charge in [-0.15, -0.1) is 0 Å². The number of aromatic hydroxyl groups is 1. The number of Topliss-reactive ketones (excluding diaryl/α,β-unsaturated/α-hetero) is 1. The van der Waals surface area contributed by atoms with Gasteiger partial charge in [0, 0.05) is 37.3 Å². The lowest BCUT2D eigenvalue weighted by Crippen LogP contribution is -2.39. The lowest BCUT2D eigenvalue weighted by molar-refractivity contribution is -0.123. The third-order valence-electron chi connectivity index (χ3n) is 7.72. The van der Waals surface area contributed by atoms with Gasteiger partial charge in [-0.05, 0) is 99.7 Å². The predicted molar refractivity (Wildman–Crippen MR) is 149 cm³/mol. The van der Waals surface area contributed by atoms with Gasteiger partial charge in [0.1, 0.15) is 5.75 Å². The van der Waals surface area contributed by atoms with Crippen LogP contribution in [0.1, 0.15) is 24.3 Å². The summed E-state index contributed by atoms with van der Waals surface area (Å²) in [4.78, 5) is 55.1. The summed E-state index contributed by atoms with van der Waals surface area (Å²) in [5.74, 6) is -3.78. The Kier molecular flexibility index (Phi) is 6.04. The molecular formula is C28H18BrClINO5. The molecule has 2 aromatic rings. The van der Waals surface area contributed by atoms with E-state index in [2.05, 4.69) is 38.5 Å². The van der Waals surface area contributed by atoms with Crippen LogP contribution in [0.25, 0.3) is 0 Å². The lowest BCUT2D eigenvalue weighted by atomic mass is 9.59. The summed E-state index contributed by atoms with van der Waals surface area (Å²) in [5.41, 5.74) is 2.27. The van der Waals surface area contributed by atoms with Crippen LogP contribution in [0.4, 0.5) is 5.69 Å². The van der Waals surface area contributed by atoms with Crippen molar-refractivity contribution < 1.29 is 24.3 Å². The molecule has 4 atom stereocenters. The maximum absolute atomic E-state index is 13.8. The Morgan fingerprint density at radius 1 is 1.00 bits per heavy atom. The number of hydrogen-bond acceptors (Lipinski definition) is 5. The number of halogens is 3. The summed E-state index contributed by atoms with van der Waals surface area (Å²) in [6, 6.07) is 11.8. The van der Waals surface area contributed by atoms with Crippen LogP contribution in [0.3, 0.4) is 0 Å². The molecule has 1 heterocycles. The molecule has 0 aromatic heterocycles. The van der Waals surface area contributed by atoms with Gasteiger partial charge in [0.15, 0.2) is 11.6 Å². The van der Waals surface area contributed by atoms with Gasteiger partial charge < -0.3 is 5.11 Å². The van der Waals surface area contributed by atoms with Crippen molar-refractivity contribution in [2.45, 2.75) is 18.8 Å². The number of fused-ring (bicyclic) bond motifs is 3. The quantitative estimate of drug-likeness (QED) is 0.191. The Hall–Kier alpha value is -2.56. The summed E-state index contributed by atoms with van der Waals surface area (Å²) in [7, 11) is 0. The average molecular weight is 691 g/mol. The van der Waals surface area contributed by atoms with E-state index < -0.39 is 23.7 Å². The van der Waals surface area contributed by atoms with Crippen molar-refractivity contribution in [1.82, 2.24) is 0 Å². The van der Waals surface area contributed by atoms with Gasteiger partial charge in [0.05, 0.1) is 22.0 Å². The monoisotopic (exact) mass is 689 g/mol. The molecule has 4 aliphatic rings. The molecule has 6 rings (SSSR count). The number of phenolic OH excluding ortho intramolecular Hbond substituents is 1. The van der Waals surface area contributed by atoms with Gasteiger partial charge in [-0.3, -0.25) is 24.1 Å². The molecule has 1 saturated heterocycles. The SMILES string of the molecule is O=C1C=C(Br)C(=O)C2=C1C(c1cc(Cl)ccc1O)C1=CCC3C(=O)N(c4ccc(I)cc4)C(=O)C3C1C2. The van der Waals surface area contributed by atoms with Crippen LogP contribution in [0.2, 0.25) is 5.02 Å². The third-order valence-corrected chi connectivity index (χ3v) is 9.26. The molecule has 2 amide bonds. The first-order chi connectivity index (χ1) is 17.7. The van der Waals surface area contributed by atoms with E-state index in [1.54, 1.807) is 24.3 Å². The molecule has 4 unspecified atom stereocenters. The molecule has 1 fully saturated rings. The van der Waals surface area contributed by atoms with E-state index in [9.17, 15) is 24.3 Å². The molecule has 186 valence electrons. The second kappa shape index (κ2) is 9.03. The fourth-order valence-corrected chi connectivity index (χ4v) is 7.15. The Balaban J connectivity index is 1.50. The van der Waals surface area contributed by atoms with Crippen molar-refractivity contribution in [2.24, 2.45) is 17.8 Å². The molecule has 0 bridgehead atoms. The Morgan fingerprint density at radius 2 is 1.73 bits per heavy atom. The second-order valence-corrected chi connectivity index (χ2v) is 12.1. The van der Waals surface area contributed by atoms with Crippen LogP contribution in [-0.4, -0.2) is 28.5 Å². The number of imide groups is 1. The second-order valence-electron chi connectivity index (χ2n) is 9.59. The minimum absolute atomic E-state index is 0.0619. The van der Waals surface area contributed by atoms with Crippen LogP contribution in [0.5, 0.6) is 5.75 Å². The standard InChI is InChI=1S/C28H18BrClINO5/c29-20-11-22(34)25-19(26(20)35)10-17-15(23(25)18-9-12(30)1-8-21(18)33)6-7-16-24(17)28(37)32(27(16)36)14-4-2-13(31)3-5-14/h1-6,8-9,11,16-17,23-24,33H,7,10H2. The molecule has 0 radical (unpaired) electrons. The molecule has 1 N–H and O–H groups in total. The highest BCUT2D eigenvalue weighted by Crippen LogP contribution is 2.56. The number of anilines is 1. The number of allylic oxidation sites excluding steroid dienone is 6. The first kappa shape index (κ1) is 24.8. The van der Waals surface area contributed by atoms with Crippen molar-refractivity contribution in [2.75, 3.05) is 4.90 Å². The van der Waals surface area contributed by atoms with Crippen molar-refractivity contribution in [3.05, 3.63) is 90.0 Å². The molecule has 0 spiro atoms. The molecule has 3 aliphatic carbocycles. The van der Waals surface area contributed by atoms with Crippen LogP contribution in [-0.2, 0) is 19.2 Å². The number of nitrogens with zero attached hydrogens (tertiary/aromatic N) is 1. The molecular weight excluding hydrogens is 673 g/mol. The van der Waals surface area contributed by atoms with Crippen molar-refractivity contribution in [3.63, 3.8) is 0 Å². The van der Waals surface area contributed by atoms with Crippen molar-refractivity contribution in [1.29, 1.82) is 0 Å². The van der Waals surface area contributed by atoms with Gasteiger partial charge in [-0.1, -0.05) is 23.3 Å². The maximum atomic E-state index is 13.8. The van der Waals surface area contributed by atoms with E-state index in [1.807, 2.05) is 18.2 Å². The normalized spacial score (nSPS) is 27.1. The van der Waals surface area contributed by atoms with Crippen LogP contribution < -0.4 is 4.90 Å². The summed E-state index contributed by atoms with van der Waals surface area (Å²) < 4.78 is 1.14. The summed E-state index contributed by atoms with van der Waals surface area (Å²) >= 11 is 11.7. The van der Waals surface area contributed by atoms with E-state index in [0.717, 1.165) is 9.14 Å². The van der Waals surface area contributed by atoms with Gasteiger partial charge in [0.2, 0.25) is 11.8 Å². The Morgan fingerprint density at radius 3 is 2.46 bits per heavy atom. The smallest absolute Gasteiger partial charge is 0.238 e. The van der Waals surface area contributed by atoms with Gasteiger partial charge in [0.25, 0.3) is 0 Å². The van der Waals surface area contributed by atoms with E-state index in [4.69, 9.17) is 11.6 Å². The van der Waals surface area contributed by atoms with Crippen molar-refractivity contribution in [3.8, 4) is 5.75 Å². The van der Waals surface area contributed by atoms with Crippen molar-refractivity contribution >= 4 is 79.2 Å². The highest BCUT2D eigenvalue weighted by Gasteiger charge is 2.56. The first-order valence-corrected chi connectivity index (χ1v) is 13.9. The van der Waals surface area contributed by atoms with Gasteiger partial charge in [-0.25, -0.2) is 0 Å². The van der Waals surface area contributed by atoms with E-state index in [-0.39, 0.29) is 45.6 Å². The molecule has 1 aliphatic heterocycles. The number of phenols is 1. The maximum Gasteiger partial charge on any atom is 0.238 e. The highest BCUT2D eigenvalue weighted by atomic mass is 127. The number of rotatable bonds is 2. The minimum Gasteiger partial charge on any atom is -0.508 e. The highest BCUT2D eigenvalue weighted by molar-refractivity contribution is 14.1. The third kappa shape index (κ3) is 3.79. The number of carbonyl (C=O) groups excluding carboxylic acids is 4. The molecule has 9 heteroatoms. The zero-order chi connectivity index (χ0) is 26.2. The largest absolute Gasteiger partial charge is 0.508 e. The summed E-state index contributed by atoms with van der Waals surface area (Å²) in [5, 5.41) is 11.2. The Bertz CT molecular complexity index is 1530. The fourth-order valence-electron chi connectivity index (χ4n) is 6.16. The van der Waals surface area contributed by atoms with Gasteiger partial charge in [-0.2, -0.15) is 0 Å². The molecule has 37 heavy (non-hydrogen) atoms. The average Bonchev–Trinajstić information content (AvgIpc) is 3.13. The van der Waals surface area contributed by atoms with E-state index in [1.165, 1.54) is 17.0 Å². The number of amides is 2. The lowest BCUT2D eigenvalue weighted by Gasteiger charge is -2.42. The molecule has 6 nitrogen and oxygen atoms in total. The molecule has 2 aromatic carbocycles. The van der Waals surface area contributed by atoms with E-state index in [0.29, 0.717) is 28.3 Å². The topological polar surface area (TPSA) is 91.8 Å². The van der Waals surface area contributed by atoms with Crippen LogP contribution >= 0.6 is 50.1 Å². The number of ketones is 2. The van der Waals surface area contributed by atoms with E-state index >= 15 is 0 Å². The zero-order valence-corrected chi connectivity index (χ0v) is 23.6. The fraction of sp³-hybridized carbons (Fsp3) is 0.214. The predicted octanol–water partition coefficient (Wildman–Crippen LogP) is 5.62. The number of benzene rings is 2. The Labute approximate surface area is 239 Å². The van der Waals surface area contributed by atoms with Crippen LogP contribution in [0, 0.1) is 21.3 Å². The summed E-state index contributed by atoms with van der Waals surface area (Å²) in [6.45, 7) is 0. The summed E-state index contributed by atoms with van der Waals surface area (Å²) in [6.07, 6.45) is 3.65. The van der Waals surface area contributed by atoms with Gasteiger partial charge >= 0.3 is 0 Å². The van der Waals surface area contributed by atoms with Crippen LogP contribution in [0.15, 0.2) is 75.8 Å². The number of hydrogen-bond donors (Lipinski definition) is 1. The molecule has 0 saturated carbocycles. The first-order valence-electron chi connectivity index (χ1n) is 11.7. The minimum atomic E-state index is -0.753.